The zero-order chi connectivity index (χ0) is 16.4. The Hall–Kier alpha value is -0.960. The Bertz CT molecular complexity index is 551. The van der Waals surface area contributed by atoms with Crippen LogP contribution in [0.4, 0.5) is 8.78 Å². The molecule has 3 rings (SSSR count). The summed E-state index contributed by atoms with van der Waals surface area (Å²) in [6.07, 6.45) is 9.43. The molecule has 1 nitrogen and oxygen atoms in total. The molecule has 2 fully saturated rings. The SMILES string of the molecule is O=CCC[C@@H]1CC[C@@H]2CC(c3cc(F)c(Cl)c(F)c3)CC[C@@H]2C1. The largest absolute Gasteiger partial charge is 0.303 e. The topological polar surface area (TPSA) is 17.1 Å². The number of fused-ring (bicyclic) bond motifs is 1. The normalized spacial score (nSPS) is 30.7. The lowest BCUT2D eigenvalue weighted by Gasteiger charge is -2.42. The Balaban J connectivity index is 1.64. The third kappa shape index (κ3) is 3.76. The van der Waals surface area contributed by atoms with Gasteiger partial charge in [0.05, 0.1) is 0 Å². The number of hydrogen-bond acceptors (Lipinski definition) is 1. The van der Waals surface area contributed by atoms with Gasteiger partial charge in [0.25, 0.3) is 0 Å². The van der Waals surface area contributed by atoms with Crippen LogP contribution in [0.3, 0.4) is 0 Å². The summed E-state index contributed by atoms with van der Waals surface area (Å²) in [5.74, 6) is 0.997. The van der Waals surface area contributed by atoms with Gasteiger partial charge in [-0.15, -0.1) is 0 Å². The Morgan fingerprint density at radius 3 is 2.39 bits per heavy atom. The molecule has 0 spiro atoms. The van der Waals surface area contributed by atoms with Gasteiger partial charge in [0.15, 0.2) is 0 Å². The smallest absolute Gasteiger partial charge is 0.145 e. The second-order valence-electron chi connectivity index (χ2n) is 7.25. The minimum Gasteiger partial charge on any atom is -0.303 e. The minimum atomic E-state index is -0.652. The quantitative estimate of drug-likeness (QED) is 0.493. The number of benzene rings is 1. The molecule has 1 aromatic rings. The molecule has 0 saturated heterocycles. The van der Waals surface area contributed by atoms with Crippen LogP contribution in [0.1, 0.15) is 62.8 Å². The van der Waals surface area contributed by atoms with Crippen molar-refractivity contribution in [1.82, 2.24) is 0 Å². The standard InChI is InChI=1S/C19H23ClF2O/c20-19-17(21)10-16(11-18(19)22)15-6-5-13-8-12(2-1-7-23)3-4-14(13)9-15/h7,10-15H,1-6,8-9H2/t12-,13-,14-,15?/m1/s1. The fourth-order valence-corrected chi connectivity index (χ4v) is 4.77. The van der Waals surface area contributed by atoms with Gasteiger partial charge in [-0.2, -0.15) is 0 Å². The van der Waals surface area contributed by atoms with Crippen molar-refractivity contribution in [3.63, 3.8) is 0 Å². The second kappa shape index (κ2) is 7.29. The molecule has 23 heavy (non-hydrogen) atoms. The van der Waals surface area contributed by atoms with Gasteiger partial charge < -0.3 is 4.79 Å². The Kier molecular flexibility index (Phi) is 5.35. The summed E-state index contributed by atoms with van der Waals surface area (Å²) >= 11 is 5.58. The molecule has 2 aliphatic carbocycles. The van der Waals surface area contributed by atoms with Gasteiger partial charge in [0, 0.05) is 6.42 Å². The molecule has 4 atom stereocenters. The molecule has 1 aromatic carbocycles. The molecule has 0 radical (unpaired) electrons. The number of aldehydes is 1. The summed E-state index contributed by atoms with van der Waals surface area (Å²) in [7, 11) is 0. The van der Waals surface area contributed by atoms with E-state index in [2.05, 4.69) is 0 Å². The lowest BCUT2D eigenvalue weighted by Crippen LogP contribution is -2.30. The fraction of sp³-hybridized carbons (Fsp3) is 0.632. The third-order valence-corrected chi connectivity index (χ3v) is 6.25. The van der Waals surface area contributed by atoms with Crippen LogP contribution in [0.25, 0.3) is 0 Å². The van der Waals surface area contributed by atoms with Crippen molar-refractivity contribution in [3.05, 3.63) is 34.4 Å². The molecule has 4 heteroatoms. The van der Waals surface area contributed by atoms with Crippen molar-refractivity contribution in [3.8, 4) is 0 Å². The molecule has 0 bridgehead atoms. The summed E-state index contributed by atoms with van der Waals surface area (Å²) in [4.78, 5) is 10.5. The maximum atomic E-state index is 13.7. The zero-order valence-electron chi connectivity index (χ0n) is 13.2. The first-order valence-electron chi connectivity index (χ1n) is 8.66. The van der Waals surface area contributed by atoms with E-state index in [-0.39, 0.29) is 5.92 Å². The highest BCUT2D eigenvalue weighted by molar-refractivity contribution is 6.30. The average molecular weight is 341 g/mol. The van der Waals surface area contributed by atoms with E-state index in [0.29, 0.717) is 18.3 Å². The summed E-state index contributed by atoms with van der Waals surface area (Å²) in [6.45, 7) is 0. The molecule has 2 aliphatic rings. The Labute approximate surface area is 141 Å². The zero-order valence-corrected chi connectivity index (χ0v) is 14.0. The number of halogens is 3. The van der Waals surface area contributed by atoms with E-state index in [9.17, 15) is 13.6 Å². The van der Waals surface area contributed by atoms with Crippen LogP contribution in [0.15, 0.2) is 12.1 Å². The van der Waals surface area contributed by atoms with Crippen LogP contribution in [0, 0.1) is 29.4 Å². The van der Waals surface area contributed by atoms with E-state index < -0.39 is 16.7 Å². The van der Waals surface area contributed by atoms with Crippen LogP contribution in [-0.2, 0) is 4.79 Å². The highest BCUT2D eigenvalue weighted by Crippen LogP contribution is 2.48. The van der Waals surface area contributed by atoms with Gasteiger partial charge in [-0.1, -0.05) is 18.0 Å². The van der Waals surface area contributed by atoms with Crippen LogP contribution < -0.4 is 0 Å². The van der Waals surface area contributed by atoms with Gasteiger partial charge in [0.1, 0.15) is 22.9 Å². The highest BCUT2D eigenvalue weighted by Gasteiger charge is 2.36. The van der Waals surface area contributed by atoms with Gasteiger partial charge in [0.2, 0.25) is 0 Å². The molecule has 0 aromatic heterocycles. The predicted octanol–water partition coefficient (Wildman–Crippen LogP) is 5.90. The lowest BCUT2D eigenvalue weighted by molar-refractivity contribution is -0.108. The van der Waals surface area contributed by atoms with E-state index in [1.807, 2.05) is 0 Å². The van der Waals surface area contributed by atoms with Gasteiger partial charge in [-0.25, -0.2) is 8.78 Å². The van der Waals surface area contributed by atoms with Crippen molar-refractivity contribution >= 4 is 17.9 Å². The fourth-order valence-electron chi connectivity index (χ4n) is 4.67. The maximum absolute atomic E-state index is 13.7. The monoisotopic (exact) mass is 340 g/mol. The molecule has 1 unspecified atom stereocenters. The number of carbonyl (C=O) groups excluding carboxylic acids is 1. The van der Waals surface area contributed by atoms with Crippen LogP contribution in [0.5, 0.6) is 0 Å². The van der Waals surface area contributed by atoms with E-state index in [0.717, 1.165) is 43.5 Å². The Morgan fingerprint density at radius 1 is 1.04 bits per heavy atom. The number of hydrogen-bond donors (Lipinski definition) is 0. The van der Waals surface area contributed by atoms with Crippen molar-refractivity contribution in [2.24, 2.45) is 17.8 Å². The van der Waals surface area contributed by atoms with E-state index in [1.54, 1.807) is 0 Å². The third-order valence-electron chi connectivity index (χ3n) is 5.89. The molecule has 0 N–H and O–H groups in total. The first-order chi connectivity index (χ1) is 11.1. The average Bonchev–Trinajstić information content (AvgIpc) is 2.56. The summed E-state index contributed by atoms with van der Waals surface area (Å²) < 4.78 is 27.4. The molecule has 2 saturated carbocycles. The molecular weight excluding hydrogens is 318 g/mol. The first-order valence-corrected chi connectivity index (χ1v) is 9.04. The van der Waals surface area contributed by atoms with E-state index in [1.165, 1.54) is 31.4 Å². The highest BCUT2D eigenvalue weighted by atomic mass is 35.5. The van der Waals surface area contributed by atoms with Crippen LogP contribution in [0.2, 0.25) is 5.02 Å². The van der Waals surface area contributed by atoms with E-state index in [4.69, 9.17) is 11.6 Å². The molecular formula is C19H23ClF2O. The number of rotatable bonds is 4. The van der Waals surface area contributed by atoms with Gasteiger partial charge in [-0.05, 0) is 79.9 Å². The molecule has 0 aliphatic heterocycles. The predicted molar refractivity (Wildman–Crippen MR) is 87.6 cm³/mol. The summed E-state index contributed by atoms with van der Waals surface area (Å²) in [5.41, 5.74) is 0.755. The summed E-state index contributed by atoms with van der Waals surface area (Å²) in [5, 5.41) is -0.405. The van der Waals surface area contributed by atoms with Gasteiger partial charge in [-0.3, -0.25) is 0 Å². The molecule has 126 valence electrons. The van der Waals surface area contributed by atoms with Crippen molar-refractivity contribution in [1.29, 1.82) is 0 Å². The molecule has 0 heterocycles. The first kappa shape index (κ1) is 16.9. The van der Waals surface area contributed by atoms with Crippen molar-refractivity contribution in [2.75, 3.05) is 0 Å². The van der Waals surface area contributed by atoms with Gasteiger partial charge >= 0.3 is 0 Å². The van der Waals surface area contributed by atoms with Crippen LogP contribution in [-0.4, -0.2) is 6.29 Å². The molecule has 0 amide bonds. The van der Waals surface area contributed by atoms with Crippen molar-refractivity contribution in [2.45, 2.75) is 57.3 Å². The maximum Gasteiger partial charge on any atom is 0.145 e. The van der Waals surface area contributed by atoms with E-state index >= 15 is 0 Å². The van der Waals surface area contributed by atoms with Crippen molar-refractivity contribution < 1.29 is 13.6 Å². The lowest BCUT2D eigenvalue weighted by atomic mass is 9.63. The second-order valence-corrected chi connectivity index (χ2v) is 7.63. The van der Waals surface area contributed by atoms with Crippen LogP contribution >= 0.6 is 11.6 Å². The summed E-state index contributed by atoms with van der Waals surface area (Å²) in [6, 6.07) is 2.82. The Morgan fingerprint density at radius 2 is 1.70 bits per heavy atom. The minimum absolute atomic E-state index is 0.240. The number of carbonyl (C=O) groups is 1.